The summed E-state index contributed by atoms with van der Waals surface area (Å²) in [5.41, 5.74) is 2.96. The fourth-order valence-corrected chi connectivity index (χ4v) is 2.03. The largest absolute Gasteiger partial charge is 0.340 e. The lowest BCUT2D eigenvalue weighted by atomic mass is 10.0. The molecule has 19 heavy (non-hydrogen) atoms. The van der Waals surface area contributed by atoms with Crippen molar-refractivity contribution in [3.05, 3.63) is 53.1 Å². The number of rotatable bonds is 4. The van der Waals surface area contributed by atoms with Crippen molar-refractivity contribution in [1.82, 2.24) is 9.55 Å². The Hall–Kier alpha value is -2.23. The van der Waals surface area contributed by atoms with Gasteiger partial charge in [-0.05, 0) is 26.0 Å². The van der Waals surface area contributed by atoms with Crippen LogP contribution in [0.15, 0.2) is 30.7 Å². The Morgan fingerprint density at radius 1 is 1.11 bits per heavy atom. The first-order valence-electron chi connectivity index (χ1n) is 6.08. The van der Waals surface area contributed by atoms with Crippen LogP contribution in [0.25, 0.3) is 0 Å². The van der Waals surface area contributed by atoms with Crippen molar-refractivity contribution in [2.24, 2.45) is 7.05 Å². The number of ketones is 2. The van der Waals surface area contributed by atoms with E-state index in [0.29, 0.717) is 11.3 Å². The average Bonchev–Trinajstić information content (AvgIpc) is 2.74. The quantitative estimate of drug-likeness (QED) is 0.624. The van der Waals surface area contributed by atoms with Gasteiger partial charge in [0.25, 0.3) is 0 Å². The summed E-state index contributed by atoms with van der Waals surface area (Å²) in [5, 5.41) is 0. The molecule has 0 amide bonds. The maximum Gasteiger partial charge on any atom is 0.190 e. The van der Waals surface area contributed by atoms with Crippen molar-refractivity contribution in [3.8, 4) is 0 Å². The molecule has 0 unspecified atom stereocenters. The molecule has 0 bridgehead atoms. The van der Waals surface area contributed by atoms with Gasteiger partial charge in [0.1, 0.15) is 5.69 Å². The van der Waals surface area contributed by atoms with Crippen molar-refractivity contribution in [1.29, 1.82) is 0 Å². The molecule has 0 saturated carbocycles. The average molecular weight is 256 g/mol. The highest BCUT2D eigenvalue weighted by atomic mass is 16.1. The molecule has 4 heteroatoms. The molecule has 4 nitrogen and oxygen atoms in total. The highest BCUT2D eigenvalue weighted by Crippen LogP contribution is 2.12. The fraction of sp³-hybridized carbons (Fsp3) is 0.267. The Morgan fingerprint density at radius 2 is 1.74 bits per heavy atom. The highest BCUT2D eigenvalue weighted by Gasteiger charge is 2.16. The number of imidazole rings is 1. The SMILES string of the molecule is Cc1cc(C)cc(C(=O)CC(=O)c2cn(C)cn2)c1. The molecule has 98 valence electrons. The molecule has 0 aliphatic rings. The lowest BCUT2D eigenvalue weighted by molar-refractivity contribution is 0.0891. The third-order valence-corrected chi connectivity index (χ3v) is 2.86. The standard InChI is InChI=1S/C15H16N2O2/c1-10-4-11(2)6-12(5-10)14(18)7-15(19)13-8-17(3)9-16-13/h4-6,8-9H,7H2,1-3H3. The molecule has 0 aliphatic carbocycles. The van der Waals surface area contributed by atoms with Crippen molar-refractivity contribution < 1.29 is 9.59 Å². The first kappa shape index (κ1) is 13.2. The van der Waals surface area contributed by atoms with Gasteiger partial charge in [0.15, 0.2) is 11.6 Å². The van der Waals surface area contributed by atoms with Crippen molar-refractivity contribution in [2.75, 3.05) is 0 Å². The first-order chi connectivity index (χ1) is 8.95. The predicted molar refractivity (Wildman–Crippen MR) is 72.4 cm³/mol. The van der Waals surface area contributed by atoms with E-state index in [1.165, 1.54) is 0 Å². The number of Topliss-reactive ketones (excluding diaryl/α,β-unsaturated/α-hetero) is 2. The molecule has 0 fully saturated rings. The molecule has 0 saturated heterocycles. The summed E-state index contributed by atoms with van der Waals surface area (Å²) in [5.74, 6) is -0.410. The predicted octanol–water partition coefficient (Wildman–Crippen LogP) is 2.49. The van der Waals surface area contributed by atoms with Gasteiger partial charge in [0.2, 0.25) is 0 Å². The minimum atomic E-state index is -0.246. The van der Waals surface area contributed by atoms with Crippen LogP contribution in [-0.4, -0.2) is 21.1 Å². The van der Waals surface area contributed by atoms with Gasteiger partial charge < -0.3 is 4.57 Å². The summed E-state index contributed by atoms with van der Waals surface area (Å²) < 4.78 is 1.69. The van der Waals surface area contributed by atoms with Gasteiger partial charge >= 0.3 is 0 Å². The van der Waals surface area contributed by atoms with Gasteiger partial charge in [0.05, 0.1) is 12.7 Å². The maximum absolute atomic E-state index is 12.1. The minimum absolute atomic E-state index is 0.139. The zero-order valence-electron chi connectivity index (χ0n) is 11.3. The molecular formula is C15H16N2O2. The van der Waals surface area contributed by atoms with Crippen molar-refractivity contribution in [3.63, 3.8) is 0 Å². The van der Waals surface area contributed by atoms with Crippen molar-refractivity contribution >= 4 is 11.6 Å². The minimum Gasteiger partial charge on any atom is -0.340 e. The van der Waals surface area contributed by atoms with Crippen LogP contribution >= 0.6 is 0 Å². The summed E-state index contributed by atoms with van der Waals surface area (Å²) in [4.78, 5) is 28.0. The zero-order valence-corrected chi connectivity index (χ0v) is 11.3. The molecule has 1 aromatic carbocycles. The van der Waals surface area contributed by atoms with Crippen molar-refractivity contribution in [2.45, 2.75) is 20.3 Å². The van der Waals surface area contributed by atoms with E-state index in [1.807, 2.05) is 19.9 Å². The normalized spacial score (nSPS) is 10.5. The molecule has 2 aromatic rings. The van der Waals surface area contributed by atoms with E-state index in [0.717, 1.165) is 11.1 Å². The molecule has 0 spiro atoms. The molecule has 0 N–H and O–H groups in total. The third kappa shape index (κ3) is 3.16. The van der Waals surface area contributed by atoms with Crippen LogP contribution in [0.2, 0.25) is 0 Å². The van der Waals surface area contributed by atoms with E-state index in [9.17, 15) is 9.59 Å². The van der Waals surface area contributed by atoms with Crippen LogP contribution in [0.4, 0.5) is 0 Å². The number of aryl methyl sites for hydroxylation is 3. The number of aromatic nitrogens is 2. The smallest absolute Gasteiger partial charge is 0.190 e. The van der Waals surface area contributed by atoms with Crippen LogP contribution in [0, 0.1) is 13.8 Å². The van der Waals surface area contributed by atoms with E-state index >= 15 is 0 Å². The second-order valence-corrected chi connectivity index (χ2v) is 4.82. The zero-order chi connectivity index (χ0) is 14.0. The summed E-state index contributed by atoms with van der Waals surface area (Å²) in [6, 6.07) is 5.61. The number of carbonyl (C=O) groups excluding carboxylic acids is 2. The summed E-state index contributed by atoms with van der Waals surface area (Å²) in [6.45, 7) is 3.87. The van der Waals surface area contributed by atoms with Gasteiger partial charge in [-0.1, -0.05) is 17.2 Å². The fourth-order valence-electron chi connectivity index (χ4n) is 2.03. The first-order valence-corrected chi connectivity index (χ1v) is 6.08. The third-order valence-electron chi connectivity index (χ3n) is 2.86. The monoisotopic (exact) mass is 256 g/mol. The Labute approximate surface area is 112 Å². The molecule has 0 atom stereocenters. The Balaban J connectivity index is 2.15. The number of benzene rings is 1. The molecule has 1 heterocycles. The number of nitrogens with zero attached hydrogens (tertiary/aromatic N) is 2. The number of hydrogen-bond donors (Lipinski definition) is 0. The number of hydrogen-bond acceptors (Lipinski definition) is 3. The van der Waals surface area contributed by atoms with Crippen LogP contribution < -0.4 is 0 Å². The van der Waals surface area contributed by atoms with Crippen LogP contribution in [0.5, 0.6) is 0 Å². The van der Waals surface area contributed by atoms with Gasteiger partial charge in [0, 0.05) is 18.8 Å². The van der Waals surface area contributed by atoms with E-state index in [-0.39, 0.29) is 18.0 Å². The second-order valence-electron chi connectivity index (χ2n) is 4.82. The summed E-state index contributed by atoms with van der Waals surface area (Å²) in [7, 11) is 1.79. The lowest BCUT2D eigenvalue weighted by Crippen LogP contribution is -2.09. The van der Waals surface area contributed by atoms with E-state index in [1.54, 1.807) is 36.3 Å². The Bertz CT molecular complexity index is 621. The Morgan fingerprint density at radius 3 is 2.26 bits per heavy atom. The maximum atomic E-state index is 12.1. The molecule has 1 aromatic heterocycles. The van der Waals surface area contributed by atoms with Crippen LogP contribution in [-0.2, 0) is 7.05 Å². The summed E-state index contributed by atoms with van der Waals surface area (Å²) in [6.07, 6.45) is 3.03. The highest BCUT2D eigenvalue weighted by molar-refractivity contribution is 6.12. The van der Waals surface area contributed by atoms with Gasteiger partial charge in [-0.3, -0.25) is 9.59 Å². The number of carbonyl (C=O) groups is 2. The van der Waals surface area contributed by atoms with Gasteiger partial charge in [-0.25, -0.2) is 4.98 Å². The van der Waals surface area contributed by atoms with E-state index in [4.69, 9.17) is 0 Å². The summed E-state index contributed by atoms with van der Waals surface area (Å²) >= 11 is 0. The molecule has 2 rings (SSSR count). The lowest BCUT2D eigenvalue weighted by Gasteiger charge is -2.03. The Kier molecular flexibility index (Phi) is 3.60. The van der Waals surface area contributed by atoms with E-state index in [2.05, 4.69) is 4.98 Å². The van der Waals surface area contributed by atoms with E-state index < -0.39 is 0 Å². The molecule has 0 radical (unpaired) electrons. The molecular weight excluding hydrogens is 240 g/mol. The van der Waals surface area contributed by atoms with Gasteiger partial charge in [-0.2, -0.15) is 0 Å². The second kappa shape index (κ2) is 5.18. The topological polar surface area (TPSA) is 52.0 Å². The van der Waals surface area contributed by atoms with Crippen LogP contribution in [0.1, 0.15) is 38.4 Å². The van der Waals surface area contributed by atoms with Gasteiger partial charge in [-0.15, -0.1) is 0 Å². The molecule has 0 aliphatic heterocycles. The van der Waals surface area contributed by atoms with Crippen LogP contribution in [0.3, 0.4) is 0 Å².